The van der Waals surface area contributed by atoms with Crippen molar-refractivity contribution < 1.29 is 5.11 Å². The van der Waals surface area contributed by atoms with Crippen molar-refractivity contribution in [3.8, 4) is 0 Å². The maximum absolute atomic E-state index is 10.1. The topological polar surface area (TPSA) is 38.1 Å². The van der Waals surface area contributed by atoms with E-state index in [-0.39, 0.29) is 0 Å². The minimum Gasteiger partial charge on any atom is -0.386 e. The van der Waals surface area contributed by atoms with E-state index in [9.17, 15) is 5.11 Å². The highest BCUT2D eigenvalue weighted by Crippen LogP contribution is 2.17. The van der Waals surface area contributed by atoms with E-state index in [0.717, 1.165) is 11.3 Å². The number of aliphatic hydroxyl groups excluding tert-OH is 1. The second kappa shape index (κ2) is 4.49. The van der Waals surface area contributed by atoms with Crippen LogP contribution in [0.15, 0.2) is 36.8 Å². The van der Waals surface area contributed by atoms with Gasteiger partial charge in [0.1, 0.15) is 0 Å². The summed E-state index contributed by atoms with van der Waals surface area (Å²) in [5.41, 5.74) is 3.21. The first-order valence-electron chi connectivity index (χ1n) is 5.36. The van der Waals surface area contributed by atoms with Gasteiger partial charge in [-0.2, -0.15) is 0 Å². The third kappa shape index (κ3) is 2.31. The third-order valence-corrected chi connectivity index (χ3v) is 2.71. The Morgan fingerprint density at radius 2 is 2.25 bits per heavy atom. The van der Waals surface area contributed by atoms with E-state index in [1.807, 2.05) is 23.7 Å². The number of hydrogen-bond acceptors (Lipinski definition) is 2. The monoisotopic (exact) mass is 216 g/mol. The number of nitrogens with zero attached hydrogens (tertiary/aromatic N) is 2. The molecule has 1 heterocycles. The number of benzene rings is 1. The van der Waals surface area contributed by atoms with Gasteiger partial charge < -0.3 is 9.67 Å². The van der Waals surface area contributed by atoms with Crippen LogP contribution < -0.4 is 0 Å². The Hall–Kier alpha value is -1.61. The van der Waals surface area contributed by atoms with Crippen LogP contribution in [0, 0.1) is 6.92 Å². The molecule has 0 saturated heterocycles. The van der Waals surface area contributed by atoms with Gasteiger partial charge in [0.05, 0.1) is 24.3 Å². The zero-order valence-corrected chi connectivity index (χ0v) is 9.59. The van der Waals surface area contributed by atoms with Crippen LogP contribution >= 0.6 is 0 Å². The summed E-state index contributed by atoms with van der Waals surface area (Å²) in [6.45, 7) is 2.06. The fraction of sp³-hybridized carbons (Fsp3) is 0.308. The molecule has 0 aliphatic carbocycles. The van der Waals surface area contributed by atoms with Crippen LogP contribution in [-0.4, -0.2) is 14.7 Å². The van der Waals surface area contributed by atoms with Gasteiger partial charge in [-0.15, -0.1) is 0 Å². The summed E-state index contributed by atoms with van der Waals surface area (Å²) < 4.78 is 1.85. The van der Waals surface area contributed by atoms with Crippen LogP contribution in [-0.2, 0) is 13.5 Å². The molecule has 1 unspecified atom stereocenters. The first-order chi connectivity index (χ1) is 7.66. The van der Waals surface area contributed by atoms with Crippen molar-refractivity contribution in [2.24, 2.45) is 7.05 Å². The zero-order valence-electron chi connectivity index (χ0n) is 9.59. The number of aryl methyl sites for hydroxylation is 2. The van der Waals surface area contributed by atoms with Gasteiger partial charge in [0.15, 0.2) is 0 Å². The predicted octanol–water partition coefficient (Wildman–Crippen LogP) is 2.00. The lowest BCUT2D eigenvalue weighted by Crippen LogP contribution is -2.06. The van der Waals surface area contributed by atoms with Crippen molar-refractivity contribution in [3.63, 3.8) is 0 Å². The maximum atomic E-state index is 10.1. The van der Waals surface area contributed by atoms with Crippen molar-refractivity contribution in [1.29, 1.82) is 0 Å². The summed E-state index contributed by atoms with van der Waals surface area (Å²) in [4.78, 5) is 4.00. The molecular formula is C13H16N2O. The van der Waals surface area contributed by atoms with Gasteiger partial charge in [0, 0.05) is 13.5 Å². The Balaban J connectivity index is 2.14. The number of aliphatic hydroxyl groups is 1. The van der Waals surface area contributed by atoms with E-state index in [2.05, 4.69) is 24.0 Å². The quantitative estimate of drug-likeness (QED) is 0.852. The highest BCUT2D eigenvalue weighted by molar-refractivity contribution is 5.23. The molecule has 2 aromatic rings. The molecule has 1 aromatic carbocycles. The van der Waals surface area contributed by atoms with Gasteiger partial charge >= 0.3 is 0 Å². The second-order valence-corrected chi connectivity index (χ2v) is 4.14. The molecule has 16 heavy (non-hydrogen) atoms. The van der Waals surface area contributed by atoms with E-state index >= 15 is 0 Å². The SMILES string of the molecule is Cc1cccc(CC(O)c2cncn2C)c1. The fourth-order valence-corrected chi connectivity index (χ4v) is 1.86. The lowest BCUT2D eigenvalue weighted by Gasteiger charge is -2.11. The van der Waals surface area contributed by atoms with Crippen molar-refractivity contribution in [3.05, 3.63) is 53.6 Å². The normalized spacial score (nSPS) is 12.7. The fourth-order valence-electron chi connectivity index (χ4n) is 1.86. The minimum atomic E-state index is -0.491. The van der Waals surface area contributed by atoms with Gasteiger partial charge in [0.25, 0.3) is 0 Å². The van der Waals surface area contributed by atoms with Gasteiger partial charge in [-0.25, -0.2) is 4.98 Å². The molecule has 0 saturated carbocycles. The first-order valence-corrected chi connectivity index (χ1v) is 5.36. The molecular weight excluding hydrogens is 200 g/mol. The van der Waals surface area contributed by atoms with Crippen molar-refractivity contribution in [2.45, 2.75) is 19.4 Å². The average Bonchev–Trinajstić information content (AvgIpc) is 2.64. The molecule has 0 aliphatic rings. The van der Waals surface area contributed by atoms with Gasteiger partial charge in [0.2, 0.25) is 0 Å². The zero-order chi connectivity index (χ0) is 11.5. The summed E-state index contributed by atoms with van der Waals surface area (Å²) in [7, 11) is 1.89. The molecule has 84 valence electrons. The lowest BCUT2D eigenvalue weighted by atomic mass is 10.0. The Morgan fingerprint density at radius 1 is 1.44 bits per heavy atom. The average molecular weight is 216 g/mol. The standard InChI is InChI=1S/C13H16N2O/c1-10-4-3-5-11(6-10)7-13(16)12-8-14-9-15(12)2/h3-6,8-9,13,16H,7H2,1-2H3. The van der Waals surface area contributed by atoms with Crippen LogP contribution in [0.2, 0.25) is 0 Å². The molecule has 0 bridgehead atoms. The minimum absolute atomic E-state index is 0.491. The van der Waals surface area contributed by atoms with E-state index in [1.165, 1.54) is 5.56 Å². The number of aromatic nitrogens is 2. The highest BCUT2D eigenvalue weighted by Gasteiger charge is 2.11. The molecule has 1 aromatic heterocycles. The number of imidazole rings is 1. The van der Waals surface area contributed by atoms with Crippen LogP contribution in [0.1, 0.15) is 22.9 Å². The molecule has 0 aliphatic heterocycles. The highest BCUT2D eigenvalue weighted by atomic mass is 16.3. The molecule has 1 atom stereocenters. The van der Waals surface area contributed by atoms with Crippen LogP contribution in [0.4, 0.5) is 0 Å². The summed E-state index contributed by atoms with van der Waals surface area (Å²) in [6.07, 6.45) is 3.55. The van der Waals surface area contributed by atoms with Crippen LogP contribution in [0.25, 0.3) is 0 Å². The molecule has 0 amide bonds. The Morgan fingerprint density at radius 3 is 2.88 bits per heavy atom. The molecule has 0 spiro atoms. The summed E-state index contributed by atoms with van der Waals surface area (Å²) in [5.74, 6) is 0. The van der Waals surface area contributed by atoms with Gasteiger partial charge in [-0.05, 0) is 12.5 Å². The predicted molar refractivity (Wildman–Crippen MR) is 63.1 cm³/mol. The number of hydrogen-bond donors (Lipinski definition) is 1. The Bertz CT molecular complexity index is 476. The Labute approximate surface area is 95.4 Å². The number of rotatable bonds is 3. The van der Waals surface area contributed by atoms with E-state index in [4.69, 9.17) is 0 Å². The summed E-state index contributed by atoms with van der Waals surface area (Å²) in [6, 6.07) is 8.20. The Kier molecular flexibility index (Phi) is 3.06. The van der Waals surface area contributed by atoms with Crippen LogP contribution in [0.3, 0.4) is 0 Å². The molecule has 1 N–H and O–H groups in total. The first kappa shape index (κ1) is 10.9. The molecule has 0 fully saturated rings. The largest absolute Gasteiger partial charge is 0.386 e. The molecule has 3 heteroatoms. The van der Waals surface area contributed by atoms with E-state index in [0.29, 0.717) is 6.42 Å². The van der Waals surface area contributed by atoms with E-state index < -0.39 is 6.10 Å². The smallest absolute Gasteiger partial charge is 0.0995 e. The van der Waals surface area contributed by atoms with Crippen molar-refractivity contribution in [1.82, 2.24) is 9.55 Å². The molecule has 0 radical (unpaired) electrons. The maximum Gasteiger partial charge on any atom is 0.0995 e. The van der Waals surface area contributed by atoms with Crippen molar-refractivity contribution in [2.75, 3.05) is 0 Å². The van der Waals surface area contributed by atoms with Crippen LogP contribution in [0.5, 0.6) is 0 Å². The van der Waals surface area contributed by atoms with Crippen molar-refractivity contribution >= 4 is 0 Å². The van der Waals surface area contributed by atoms with Gasteiger partial charge in [-0.3, -0.25) is 0 Å². The molecule has 2 rings (SSSR count). The lowest BCUT2D eigenvalue weighted by molar-refractivity contribution is 0.170. The van der Waals surface area contributed by atoms with Gasteiger partial charge in [-0.1, -0.05) is 29.8 Å². The third-order valence-electron chi connectivity index (χ3n) is 2.71. The summed E-state index contributed by atoms with van der Waals surface area (Å²) in [5, 5.41) is 10.1. The van der Waals surface area contributed by atoms with E-state index in [1.54, 1.807) is 12.5 Å². The molecule has 3 nitrogen and oxygen atoms in total. The summed E-state index contributed by atoms with van der Waals surface area (Å²) >= 11 is 0. The second-order valence-electron chi connectivity index (χ2n) is 4.14.